The molecular formula is C14H26O2S. The van der Waals surface area contributed by atoms with Crippen LogP contribution in [0.1, 0.15) is 52.4 Å². The van der Waals surface area contributed by atoms with Crippen molar-refractivity contribution in [3.8, 4) is 0 Å². The number of aliphatic hydroxyl groups is 1. The van der Waals surface area contributed by atoms with Gasteiger partial charge in [0.1, 0.15) is 0 Å². The van der Waals surface area contributed by atoms with Crippen LogP contribution in [0.2, 0.25) is 0 Å². The normalized spacial score (nSPS) is 32.3. The van der Waals surface area contributed by atoms with Gasteiger partial charge < -0.3 is 9.84 Å². The predicted molar refractivity (Wildman–Crippen MR) is 73.5 cm³/mol. The topological polar surface area (TPSA) is 29.5 Å². The number of ether oxygens (including phenoxy) is 1. The molecule has 2 aliphatic rings. The molecule has 100 valence electrons. The van der Waals surface area contributed by atoms with E-state index in [0.717, 1.165) is 32.3 Å². The number of thioether (sulfide) groups is 1. The van der Waals surface area contributed by atoms with E-state index >= 15 is 0 Å². The van der Waals surface area contributed by atoms with Gasteiger partial charge in [-0.3, -0.25) is 0 Å². The van der Waals surface area contributed by atoms with Gasteiger partial charge in [0.2, 0.25) is 0 Å². The molecule has 2 unspecified atom stereocenters. The van der Waals surface area contributed by atoms with Crippen LogP contribution in [0.25, 0.3) is 0 Å². The maximum atomic E-state index is 10.6. The van der Waals surface area contributed by atoms with Crippen LogP contribution in [-0.4, -0.2) is 34.4 Å². The van der Waals surface area contributed by atoms with Crippen LogP contribution in [0.3, 0.4) is 0 Å². The molecule has 2 fully saturated rings. The maximum absolute atomic E-state index is 10.6. The Labute approximate surface area is 110 Å². The molecule has 2 rings (SSSR count). The van der Waals surface area contributed by atoms with E-state index in [1.165, 1.54) is 24.3 Å². The molecule has 0 radical (unpaired) electrons. The zero-order valence-electron chi connectivity index (χ0n) is 11.2. The van der Waals surface area contributed by atoms with Crippen LogP contribution >= 0.6 is 11.8 Å². The molecular weight excluding hydrogens is 232 g/mol. The van der Waals surface area contributed by atoms with Crippen LogP contribution in [0.15, 0.2) is 0 Å². The Hall–Kier alpha value is 0.270. The zero-order chi connectivity index (χ0) is 12.4. The highest BCUT2D eigenvalue weighted by molar-refractivity contribution is 7.99. The summed E-state index contributed by atoms with van der Waals surface area (Å²) in [5.74, 6) is 2.88. The highest BCUT2D eigenvalue weighted by Gasteiger charge is 2.44. The minimum Gasteiger partial charge on any atom is -0.390 e. The molecule has 0 aromatic carbocycles. The quantitative estimate of drug-likeness (QED) is 0.843. The third kappa shape index (κ3) is 3.18. The third-order valence-corrected chi connectivity index (χ3v) is 5.52. The van der Waals surface area contributed by atoms with Gasteiger partial charge in [-0.05, 0) is 56.5 Å². The molecule has 0 aromatic rings. The fourth-order valence-corrected chi connectivity index (χ4v) is 4.60. The van der Waals surface area contributed by atoms with E-state index in [2.05, 4.69) is 6.92 Å². The van der Waals surface area contributed by atoms with E-state index < -0.39 is 5.60 Å². The van der Waals surface area contributed by atoms with E-state index in [4.69, 9.17) is 4.74 Å². The first-order chi connectivity index (χ1) is 8.08. The lowest BCUT2D eigenvalue weighted by Gasteiger charge is -2.47. The van der Waals surface area contributed by atoms with Gasteiger partial charge in [0.25, 0.3) is 0 Å². The summed E-state index contributed by atoms with van der Waals surface area (Å²) in [6.45, 7) is 5.02. The van der Waals surface area contributed by atoms with Gasteiger partial charge in [0.05, 0.1) is 11.2 Å². The Bertz CT molecular complexity index is 241. The van der Waals surface area contributed by atoms with Gasteiger partial charge in [0, 0.05) is 6.61 Å². The zero-order valence-corrected chi connectivity index (χ0v) is 12.0. The average Bonchev–Trinajstić information content (AvgIpc) is 2.30. The lowest BCUT2D eigenvalue weighted by atomic mass is 9.73. The van der Waals surface area contributed by atoms with Crippen LogP contribution in [0.4, 0.5) is 0 Å². The van der Waals surface area contributed by atoms with Crippen molar-refractivity contribution in [1.82, 2.24) is 0 Å². The molecule has 1 spiro atoms. The summed E-state index contributed by atoms with van der Waals surface area (Å²) in [5.41, 5.74) is -0.387. The van der Waals surface area contributed by atoms with Gasteiger partial charge in [-0.1, -0.05) is 13.3 Å². The average molecular weight is 258 g/mol. The van der Waals surface area contributed by atoms with E-state index in [-0.39, 0.29) is 5.60 Å². The Morgan fingerprint density at radius 1 is 1.41 bits per heavy atom. The molecule has 2 atom stereocenters. The van der Waals surface area contributed by atoms with Crippen molar-refractivity contribution in [2.24, 2.45) is 5.92 Å². The standard InChI is InChI=1S/C14H26O2S/c1-3-5-13(2,15)12-4-8-16-14(11-12)6-9-17-10-7-14/h12,15H,3-11H2,1-2H3. The highest BCUT2D eigenvalue weighted by atomic mass is 32.2. The molecule has 0 amide bonds. The second kappa shape index (κ2) is 5.50. The number of hydrogen-bond donors (Lipinski definition) is 1. The Morgan fingerprint density at radius 3 is 2.76 bits per heavy atom. The van der Waals surface area contributed by atoms with Gasteiger partial charge in [-0.2, -0.15) is 11.8 Å². The van der Waals surface area contributed by atoms with Crippen molar-refractivity contribution >= 4 is 11.8 Å². The monoisotopic (exact) mass is 258 g/mol. The largest absolute Gasteiger partial charge is 0.390 e. The predicted octanol–water partition coefficient (Wildman–Crippen LogP) is 3.23. The van der Waals surface area contributed by atoms with Crippen molar-refractivity contribution < 1.29 is 9.84 Å². The minimum absolute atomic E-state index is 0.103. The van der Waals surface area contributed by atoms with Gasteiger partial charge >= 0.3 is 0 Å². The molecule has 2 saturated heterocycles. The first-order valence-electron chi connectivity index (χ1n) is 7.02. The fraction of sp³-hybridized carbons (Fsp3) is 1.00. The second-order valence-corrected chi connectivity index (χ2v) is 7.17. The Balaban J connectivity index is 2.00. The molecule has 17 heavy (non-hydrogen) atoms. The molecule has 0 bridgehead atoms. The second-order valence-electron chi connectivity index (χ2n) is 5.94. The lowest BCUT2D eigenvalue weighted by molar-refractivity contribution is -0.143. The summed E-state index contributed by atoms with van der Waals surface area (Å²) >= 11 is 2.04. The van der Waals surface area contributed by atoms with E-state index in [1.807, 2.05) is 18.7 Å². The molecule has 2 aliphatic heterocycles. The minimum atomic E-state index is -0.490. The Morgan fingerprint density at radius 2 is 2.12 bits per heavy atom. The molecule has 1 N–H and O–H groups in total. The number of rotatable bonds is 3. The summed E-state index contributed by atoms with van der Waals surface area (Å²) in [6, 6.07) is 0. The summed E-state index contributed by atoms with van der Waals surface area (Å²) in [6.07, 6.45) is 6.44. The van der Waals surface area contributed by atoms with Gasteiger partial charge in [-0.25, -0.2) is 0 Å². The van der Waals surface area contributed by atoms with Crippen LogP contribution in [0.5, 0.6) is 0 Å². The van der Waals surface area contributed by atoms with Crippen molar-refractivity contribution in [2.75, 3.05) is 18.1 Å². The molecule has 2 heterocycles. The van der Waals surface area contributed by atoms with Crippen LogP contribution in [0, 0.1) is 5.92 Å². The molecule has 0 aliphatic carbocycles. The van der Waals surface area contributed by atoms with Crippen molar-refractivity contribution in [3.63, 3.8) is 0 Å². The molecule has 0 saturated carbocycles. The lowest BCUT2D eigenvalue weighted by Crippen LogP contribution is -2.48. The Kier molecular flexibility index (Phi) is 4.43. The molecule has 0 aromatic heterocycles. The summed E-state index contributed by atoms with van der Waals surface area (Å²) in [4.78, 5) is 0. The summed E-state index contributed by atoms with van der Waals surface area (Å²) < 4.78 is 6.09. The molecule has 3 heteroatoms. The van der Waals surface area contributed by atoms with E-state index in [9.17, 15) is 5.11 Å². The van der Waals surface area contributed by atoms with Gasteiger partial charge in [-0.15, -0.1) is 0 Å². The molecule has 2 nitrogen and oxygen atoms in total. The van der Waals surface area contributed by atoms with Crippen LogP contribution in [-0.2, 0) is 4.74 Å². The maximum Gasteiger partial charge on any atom is 0.0702 e. The fourth-order valence-electron chi connectivity index (χ4n) is 3.36. The first kappa shape index (κ1) is 13.7. The van der Waals surface area contributed by atoms with Crippen LogP contribution < -0.4 is 0 Å². The number of hydrogen-bond acceptors (Lipinski definition) is 3. The SMILES string of the molecule is CCCC(C)(O)C1CCOC2(CCSCC2)C1. The van der Waals surface area contributed by atoms with Gasteiger partial charge in [0.15, 0.2) is 0 Å². The van der Waals surface area contributed by atoms with E-state index in [0.29, 0.717) is 5.92 Å². The third-order valence-electron chi connectivity index (χ3n) is 4.53. The summed E-state index contributed by atoms with van der Waals surface area (Å²) in [7, 11) is 0. The highest BCUT2D eigenvalue weighted by Crippen LogP contribution is 2.43. The van der Waals surface area contributed by atoms with Crippen molar-refractivity contribution in [2.45, 2.75) is 63.6 Å². The first-order valence-corrected chi connectivity index (χ1v) is 8.17. The smallest absolute Gasteiger partial charge is 0.0702 e. The van der Waals surface area contributed by atoms with Crippen molar-refractivity contribution in [3.05, 3.63) is 0 Å². The van der Waals surface area contributed by atoms with Crippen molar-refractivity contribution in [1.29, 1.82) is 0 Å². The summed E-state index contributed by atoms with van der Waals surface area (Å²) in [5, 5.41) is 10.6. The van der Waals surface area contributed by atoms with E-state index in [1.54, 1.807) is 0 Å².